The molecule has 0 saturated carbocycles. The predicted octanol–water partition coefficient (Wildman–Crippen LogP) is -0.512. The van der Waals surface area contributed by atoms with Crippen LogP contribution in [0.2, 0.25) is 0 Å². The van der Waals surface area contributed by atoms with Crippen molar-refractivity contribution >= 4 is 27.6 Å². The number of carbonyl (C=O) groups excluding carboxylic acids is 2. The first-order valence-corrected chi connectivity index (χ1v) is 11.0. The number of nitrogens with zero attached hydrogens (tertiary/aromatic N) is 4. The van der Waals surface area contributed by atoms with E-state index in [0.29, 0.717) is 5.56 Å². The van der Waals surface area contributed by atoms with E-state index in [1.54, 1.807) is 28.8 Å². The zero-order valence-electron chi connectivity index (χ0n) is 16.0. The summed E-state index contributed by atoms with van der Waals surface area (Å²) in [6.07, 6.45) is 2.61. The van der Waals surface area contributed by atoms with E-state index in [2.05, 4.69) is 15.5 Å². The van der Waals surface area contributed by atoms with Gasteiger partial charge in [-0.1, -0.05) is 0 Å². The first-order chi connectivity index (χ1) is 14.2. The van der Waals surface area contributed by atoms with Gasteiger partial charge < -0.3 is 15.3 Å². The number of carboxylic acids is 1. The highest BCUT2D eigenvalue weighted by Crippen LogP contribution is 2.12. The third-order valence-corrected chi connectivity index (χ3v) is 6.36. The molecule has 2 N–H and O–H groups in total. The molecule has 0 aliphatic carbocycles. The van der Waals surface area contributed by atoms with Crippen molar-refractivity contribution in [3.05, 3.63) is 42.5 Å². The molecule has 2 aromatic rings. The first-order valence-electron chi connectivity index (χ1n) is 9.22. The summed E-state index contributed by atoms with van der Waals surface area (Å²) >= 11 is 0. The molecule has 1 unspecified atom stereocenters. The molecular weight excluding hydrogens is 414 g/mol. The molecule has 1 aromatic carbocycles. The monoisotopic (exact) mass is 435 g/mol. The van der Waals surface area contributed by atoms with Crippen LogP contribution >= 0.6 is 0 Å². The average Bonchev–Trinajstić information content (AvgIpc) is 3.25. The van der Waals surface area contributed by atoms with Crippen LogP contribution in [-0.2, 0) is 19.4 Å². The molecule has 11 nitrogen and oxygen atoms in total. The van der Waals surface area contributed by atoms with E-state index in [-0.39, 0.29) is 37.4 Å². The summed E-state index contributed by atoms with van der Waals surface area (Å²) in [7, 11) is -3.18. The van der Waals surface area contributed by atoms with Crippen molar-refractivity contribution in [3.63, 3.8) is 0 Å². The molecule has 0 radical (unpaired) electrons. The zero-order valence-corrected chi connectivity index (χ0v) is 16.8. The van der Waals surface area contributed by atoms with Crippen LogP contribution < -0.4 is 5.32 Å². The summed E-state index contributed by atoms with van der Waals surface area (Å²) in [5, 5.41) is 19.0. The Hall–Kier alpha value is -3.28. The van der Waals surface area contributed by atoms with Crippen molar-refractivity contribution in [1.29, 1.82) is 0 Å². The first kappa shape index (κ1) is 21.4. The minimum absolute atomic E-state index is 0.0221. The number of hydrogen-bond acceptors (Lipinski definition) is 7. The lowest BCUT2D eigenvalue weighted by atomic mass is 10.1. The van der Waals surface area contributed by atoms with Crippen LogP contribution in [0.15, 0.2) is 36.9 Å². The van der Waals surface area contributed by atoms with Crippen LogP contribution in [0, 0.1) is 0 Å². The van der Waals surface area contributed by atoms with Crippen LogP contribution in [-0.4, -0.2) is 81.6 Å². The average molecular weight is 435 g/mol. The molecule has 1 aliphatic heterocycles. The second-order valence-electron chi connectivity index (χ2n) is 6.85. The molecule has 1 aliphatic rings. The Bertz CT molecular complexity index is 1010. The smallest absolute Gasteiger partial charge is 0.303 e. The van der Waals surface area contributed by atoms with Gasteiger partial charge in [-0.3, -0.25) is 19.0 Å². The molecule has 1 atom stereocenters. The van der Waals surface area contributed by atoms with Gasteiger partial charge >= 0.3 is 5.97 Å². The number of nitrogens with one attached hydrogen (secondary N) is 1. The summed E-state index contributed by atoms with van der Waals surface area (Å²) in [5.41, 5.74) is 1.03. The van der Waals surface area contributed by atoms with Crippen molar-refractivity contribution in [2.45, 2.75) is 18.9 Å². The molecule has 160 valence electrons. The highest BCUT2D eigenvalue weighted by molar-refractivity contribution is 7.91. The number of carbonyl (C=O) groups is 3. The Morgan fingerprint density at radius 1 is 1.07 bits per heavy atom. The number of aliphatic carboxylic acids is 1. The van der Waals surface area contributed by atoms with E-state index < -0.39 is 33.7 Å². The maximum absolute atomic E-state index is 12.8. The van der Waals surface area contributed by atoms with Crippen molar-refractivity contribution in [3.8, 4) is 5.69 Å². The topological polar surface area (TPSA) is 152 Å². The molecule has 1 saturated heterocycles. The van der Waals surface area contributed by atoms with Crippen molar-refractivity contribution < 1.29 is 27.9 Å². The molecule has 1 fully saturated rings. The summed E-state index contributed by atoms with van der Waals surface area (Å²) in [5.74, 6) is -2.41. The quantitative estimate of drug-likeness (QED) is 0.590. The standard InChI is InChI=1S/C18H21N5O6S/c24-16(25)6-5-15(18(27)22-7-9-30(28,29)10-8-22)21-17(26)13-1-3-14(4-2-13)23-11-19-20-12-23/h1-4,11-12,15H,5-10H2,(H,21,26)(H,24,25). The molecule has 1 aromatic heterocycles. The molecule has 0 bridgehead atoms. The fraction of sp³-hybridized carbons (Fsp3) is 0.389. The molecule has 0 spiro atoms. The van der Waals surface area contributed by atoms with Crippen LogP contribution in [0.5, 0.6) is 0 Å². The lowest BCUT2D eigenvalue weighted by molar-refractivity contribution is -0.138. The summed E-state index contributed by atoms with van der Waals surface area (Å²) in [6, 6.07) is 5.43. The second-order valence-corrected chi connectivity index (χ2v) is 9.16. The lowest BCUT2D eigenvalue weighted by Gasteiger charge is -2.30. The van der Waals surface area contributed by atoms with E-state index >= 15 is 0 Å². The van der Waals surface area contributed by atoms with Crippen LogP contribution in [0.25, 0.3) is 5.69 Å². The fourth-order valence-corrected chi connectivity index (χ4v) is 4.24. The molecular formula is C18H21N5O6S. The maximum Gasteiger partial charge on any atom is 0.303 e. The number of rotatable bonds is 7. The van der Waals surface area contributed by atoms with E-state index in [1.165, 1.54) is 17.6 Å². The number of sulfone groups is 1. The van der Waals surface area contributed by atoms with Gasteiger partial charge in [-0.25, -0.2) is 8.42 Å². The molecule has 2 heterocycles. The number of amides is 2. The van der Waals surface area contributed by atoms with E-state index in [9.17, 15) is 22.8 Å². The van der Waals surface area contributed by atoms with Crippen LogP contribution in [0.4, 0.5) is 0 Å². The van der Waals surface area contributed by atoms with Gasteiger partial charge in [0.2, 0.25) is 5.91 Å². The van der Waals surface area contributed by atoms with Crippen LogP contribution in [0.1, 0.15) is 23.2 Å². The minimum atomic E-state index is -3.18. The maximum atomic E-state index is 12.8. The summed E-state index contributed by atoms with van der Waals surface area (Å²) in [6.45, 7) is 0.0441. The Morgan fingerprint density at radius 2 is 1.67 bits per heavy atom. The van der Waals surface area contributed by atoms with Crippen molar-refractivity contribution in [2.24, 2.45) is 0 Å². The Kier molecular flexibility index (Phi) is 6.45. The van der Waals surface area contributed by atoms with E-state index in [4.69, 9.17) is 5.11 Å². The van der Waals surface area contributed by atoms with E-state index in [1.807, 2.05) is 0 Å². The number of hydrogen-bond donors (Lipinski definition) is 2. The largest absolute Gasteiger partial charge is 0.481 e. The predicted molar refractivity (Wildman–Crippen MR) is 105 cm³/mol. The van der Waals surface area contributed by atoms with Gasteiger partial charge in [-0.15, -0.1) is 10.2 Å². The Labute approximate surface area is 172 Å². The van der Waals surface area contributed by atoms with Gasteiger partial charge in [0.15, 0.2) is 9.84 Å². The van der Waals surface area contributed by atoms with Gasteiger partial charge in [0.1, 0.15) is 18.7 Å². The van der Waals surface area contributed by atoms with Gasteiger partial charge in [-0.2, -0.15) is 0 Å². The highest BCUT2D eigenvalue weighted by Gasteiger charge is 2.31. The molecule has 30 heavy (non-hydrogen) atoms. The molecule has 12 heteroatoms. The van der Waals surface area contributed by atoms with Crippen molar-refractivity contribution in [2.75, 3.05) is 24.6 Å². The van der Waals surface area contributed by atoms with Gasteiger partial charge in [0, 0.05) is 30.8 Å². The Morgan fingerprint density at radius 3 is 2.23 bits per heavy atom. The Balaban J connectivity index is 1.69. The molecule has 3 rings (SSSR count). The zero-order chi connectivity index (χ0) is 21.7. The highest BCUT2D eigenvalue weighted by atomic mass is 32.2. The van der Waals surface area contributed by atoms with Gasteiger partial charge in [0.05, 0.1) is 11.5 Å². The molecule has 2 amide bonds. The van der Waals surface area contributed by atoms with Gasteiger partial charge in [0.25, 0.3) is 5.91 Å². The third kappa shape index (κ3) is 5.41. The number of carboxylic acid groups (broad SMARTS) is 1. The lowest BCUT2D eigenvalue weighted by Crippen LogP contribution is -2.53. The van der Waals surface area contributed by atoms with Crippen LogP contribution in [0.3, 0.4) is 0 Å². The summed E-state index contributed by atoms with van der Waals surface area (Å²) in [4.78, 5) is 37.7. The number of aromatic nitrogens is 3. The number of benzene rings is 1. The van der Waals surface area contributed by atoms with E-state index in [0.717, 1.165) is 5.69 Å². The van der Waals surface area contributed by atoms with Crippen molar-refractivity contribution in [1.82, 2.24) is 25.0 Å². The SMILES string of the molecule is O=C(O)CCC(NC(=O)c1ccc(-n2cnnc2)cc1)C(=O)N1CCS(=O)(=O)CC1. The second kappa shape index (κ2) is 9.03. The summed E-state index contributed by atoms with van der Waals surface area (Å²) < 4.78 is 24.8. The fourth-order valence-electron chi connectivity index (χ4n) is 3.04. The van der Waals surface area contributed by atoms with Gasteiger partial charge in [-0.05, 0) is 30.7 Å². The normalized spacial score (nSPS) is 16.6. The third-order valence-electron chi connectivity index (χ3n) is 4.75. The minimum Gasteiger partial charge on any atom is -0.481 e.